The van der Waals surface area contributed by atoms with Crippen LogP contribution in [0.2, 0.25) is 0 Å². The largest absolute Gasteiger partial charge is 0.497 e. The van der Waals surface area contributed by atoms with Crippen molar-refractivity contribution in [3.8, 4) is 11.5 Å². The molecule has 21 heavy (non-hydrogen) atoms. The second-order valence-electron chi connectivity index (χ2n) is 4.77. The summed E-state index contributed by atoms with van der Waals surface area (Å²) in [5.41, 5.74) is 7.40. The van der Waals surface area contributed by atoms with Gasteiger partial charge in [-0.25, -0.2) is 0 Å². The maximum Gasteiger partial charge on any atom is 0.127 e. The molecule has 1 aromatic heterocycles. The zero-order chi connectivity index (χ0) is 14.8. The maximum atomic E-state index is 6.44. The second kappa shape index (κ2) is 5.76. The van der Waals surface area contributed by atoms with Crippen molar-refractivity contribution in [2.75, 3.05) is 14.2 Å². The number of nitrogens with two attached hydrogens (primary N) is 1. The lowest BCUT2D eigenvalue weighted by atomic mass is 10.0. The molecule has 0 saturated heterocycles. The minimum absolute atomic E-state index is 0.205. The molecule has 0 saturated carbocycles. The van der Waals surface area contributed by atoms with Gasteiger partial charge in [0.15, 0.2) is 0 Å². The molecule has 2 N–H and O–H groups in total. The quantitative estimate of drug-likeness (QED) is 0.793. The molecule has 1 unspecified atom stereocenters. The van der Waals surface area contributed by atoms with Crippen molar-refractivity contribution < 1.29 is 9.47 Å². The SMILES string of the molecule is COc1ccc(C(N)c2cc3ccccc3s2)c(OC)c1. The van der Waals surface area contributed by atoms with Gasteiger partial charge in [-0.1, -0.05) is 18.2 Å². The lowest BCUT2D eigenvalue weighted by molar-refractivity contribution is 0.390. The van der Waals surface area contributed by atoms with Crippen molar-refractivity contribution >= 4 is 21.4 Å². The molecule has 0 spiro atoms. The third kappa shape index (κ3) is 2.60. The Bertz CT molecular complexity index is 733. The fourth-order valence-electron chi connectivity index (χ4n) is 2.38. The van der Waals surface area contributed by atoms with Crippen LogP contribution < -0.4 is 15.2 Å². The van der Waals surface area contributed by atoms with Gasteiger partial charge in [0.05, 0.1) is 20.3 Å². The maximum absolute atomic E-state index is 6.44. The molecular weight excluding hydrogens is 282 g/mol. The summed E-state index contributed by atoms with van der Waals surface area (Å²) >= 11 is 1.72. The summed E-state index contributed by atoms with van der Waals surface area (Å²) in [6.07, 6.45) is 0. The lowest BCUT2D eigenvalue weighted by Gasteiger charge is -2.15. The van der Waals surface area contributed by atoms with Crippen LogP contribution in [0, 0.1) is 0 Å². The van der Waals surface area contributed by atoms with Gasteiger partial charge in [0.2, 0.25) is 0 Å². The molecule has 0 aliphatic heterocycles. The summed E-state index contributed by atoms with van der Waals surface area (Å²) in [4.78, 5) is 1.12. The van der Waals surface area contributed by atoms with Crippen molar-refractivity contribution in [1.82, 2.24) is 0 Å². The van der Waals surface area contributed by atoms with Crippen LogP contribution in [0.15, 0.2) is 48.5 Å². The Hall–Kier alpha value is -2.04. The van der Waals surface area contributed by atoms with E-state index in [1.54, 1.807) is 25.6 Å². The smallest absolute Gasteiger partial charge is 0.127 e. The van der Waals surface area contributed by atoms with Crippen molar-refractivity contribution in [2.24, 2.45) is 5.73 Å². The van der Waals surface area contributed by atoms with E-state index in [4.69, 9.17) is 15.2 Å². The highest BCUT2D eigenvalue weighted by Gasteiger charge is 2.17. The summed E-state index contributed by atoms with van der Waals surface area (Å²) in [6.45, 7) is 0. The first kappa shape index (κ1) is 13.9. The van der Waals surface area contributed by atoms with E-state index in [2.05, 4.69) is 18.2 Å². The number of hydrogen-bond acceptors (Lipinski definition) is 4. The predicted molar refractivity (Wildman–Crippen MR) is 87.4 cm³/mol. The van der Waals surface area contributed by atoms with E-state index in [1.807, 2.05) is 30.3 Å². The summed E-state index contributed by atoms with van der Waals surface area (Å²) in [6, 6.07) is 16.0. The summed E-state index contributed by atoms with van der Waals surface area (Å²) in [5, 5.41) is 1.22. The van der Waals surface area contributed by atoms with Crippen LogP contribution >= 0.6 is 11.3 Å². The Morgan fingerprint density at radius 1 is 1.00 bits per heavy atom. The zero-order valence-corrected chi connectivity index (χ0v) is 12.8. The molecule has 0 fully saturated rings. The Labute approximate surface area is 127 Å². The van der Waals surface area contributed by atoms with Crippen LogP contribution in [0.3, 0.4) is 0 Å². The molecule has 3 nitrogen and oxygen atoms in total. The molecule has 108 valence electrons. The van der Waals surface area contributed by atoms with Gasteiger partial charge < -0.3 is 15.2 Å². The van der Waals surface area contributed by atoms with Crippen LogP contribution in [0.1, 0.15) is 16.5 Å². The Kier molecular flexibility index (Phi) is 3.82. The van der Waals surface area contributed by atoms with Crippen LogP contribution in [0.25, 0.3) is 10.1 Å². The van der Waals surface area contributed by atoms with Gasteiger partial charge in [-0.3, -0.25) is 0 Å². The number of ether oxygens (including phenoxy) is 2. The molecule has 0 radical (unpaired) electrons. The highest BCUT2D eigenvalue weighted by molar-refractivity contribution is 7.19. The fraction of sp³-hybridized carbons (Fsp3) is 0.176. The average Bonchev–Trinajstić information content (AvgIpc) is 2.97. The van der Waals surface area contributed by atoms with Crippen LogP contribution in [-0.2, 0) is 0 Å². The fourth-order valence-corrected chi connectivity index (χ4v) is 3.47. The molecule has 3 aromatic rings. The first-order valence-corrected chi connectivity index (χ1v) is 7.50. The molecular formula is C17H17NO2S. The van der Waals surface area contributed by atoms with Gasteiger partial charge in [-0.15, -0.1) is 11.3 Å². The van der Waals surface area contributed by atoms with Gasteiger partial charge in [0.1, 0.15) is 11.5 Å². The first-order chi connectivity index (χ1) is 10.2. The summed E-state index contributed by atoms with van der Waals surface area (Å²) in [5.74, 6) is 1.51. The number of methoxy groups -OCH3 is 2. The van der Waals surface area contributed by atoms with Gasteiger partial charge in [-0.05, 0) is 29.7 Å². The van der Waals surface area contributed by atoms with Gasteiger partial charge in [-0.2, -0.15) is 0 Å². The third-order valence-electron chi connectivity index (χ3n) is 3.53. The molecule has 3 rings (SSSR count). The van der Waals surface area contributed by atoms with Crippen LogP contribution in [0.4, 0.5) is 0 Å². The standard InChI is InChI=1S/C17H17NO2S/c1-19-12-7-8-13(14(10-12)20-2)17(18)16-9-11-5-3-4-6-15(11)21-16/h3-10,17H,18H2,1-2H3. The number of benzene rings is 2. The number of hydrogen-bond donors (Lipinski definition) is 1. The lowest BCUT2D eigenvalue weighted by Crippen LogP contribution is -2.11. The number of rotatable bonds is 4. The summed E-state index contributed by atoms with van der Waals surface area (Å²) < 4.78 is 11.9. The number of thiophene rings is 1. The highest BCUT2D eigenvalue weighted by atomic mass is 32.1. The Balaban J connectivity index is 2.02. The number of fused-ring (bicyclic) bond motifs is 1. The van der Waals surface area contributed by atoms with E-state index >= 15 is 0 Å². The normalized spacial score (nSPS) is 12.3. The molecule has 1 atom stereocenters. The zero-order valence-electron chi connectivity index (χ0n) is 12.0. The topological polar surface area (TPSA) is 44.5 Å². The van der Waals surface area contributed by atoms with Crippen molar-refractivity contribution in [3.05, 3.63) is 59.0 Å². The van der Waals surface area contributed by atoms with E-state index < -0.39 is 0 Å². The van der Waals surface area contributed by atoms with E-state index in [-0.39, 0.29) is 6.04 Å². The Morgan fingerprint density at radius 2 is 1.81 bits per heavy atom. The van der Waals surface area contributed by atoms with Crippen molar-refractivity contribution in [2.45, 2.75) is 6.04 Å². The summed E-state index contributed by atoms with van der Waals surface area (Å²) in [7, 11) is 3.29. The van der Waals surface area contributed by atoms with Crippen molar-refractivity contribution in [1.29, 1.82) is 0 Å². The van der Waals surface area contributed by atoms with E-state index in [1.165, 1.54) is 10.1 Å². The third-order valence-corrected chi connectivity index (χ3v) is 4.73. The first-order valence-electron chi connectivity index (χ1n) is 6.69. The van der Waals surface area contributed by atoms with Gasteiger partial charge in [0.25, 0.3) is 0 Å². The predicted octanol–water partition coefficient (Wildman–Crippen LogP) is 3.97. The molecule has 0 aliphatic rings. The minimum atomic E-state index is -0.205. The van der Waals surface area contributed by atoms with Gasteiger partial charge >= 0.3 is 0 Å². The van der Waals surface area contributed by atoms with E-state index in [9.17, 15) is 0 Å². The van der Waals surface area contributed by atoms with E-state index in [0.29, 0.717) is 0 Å². The molecule has 2 aromatic carbocycles. The molecule has 0 bridgehead atoms. The van der Waals surface area contributed by atoms with E-state index in [0.717, 1.165) is 21.9 Å². The minimum Gasteiger partial charge on any atom is -0.497 e. The van der Waals surface area contributed by atoms with Crippen LogP contribution in [0.5, 0.6) is 11.5 Å². The van der Waals surface area contributed by atoms with Gasteiger partial charge in [0, 0.05) is 21.2 Å². The average molecular weight is 299 g/mol. The van der Waals surface area contributed by atoms with Crippen LogP contribution in [-0.4, -0.2) is 14.2 Å². The molecule has 0 amide bonds. The molecule has 0 aliphatic carbocycles. The monoisotopic (exact) mass is 299 g/mol. The van der Waals surface area contributed by atoms with Crippen molar-refractivity contribution in [3.63, 3.8) is 0 Å². The molecule has 4 heteroatoms. The Morgan fingerprint density at radius 3 is 2.52 bits per heavy atom. The second-order valence-corrected chi connectivity index (χ2v) is 5.89. The highest BCUT2D eigenvalue weighted by Crippen LogP contribution is 2.36. The molecule has 1 heterocycles.